The summed E-state index contributed by atoms with van der Waals surface area (Å²) in [5, 5.41) is 11.6. The zero-order chi connectivity index (χ0) is 26.7. The third-order valence-electron chi connectivity index (χ3n) is 4.36. The van der Waals surface area contributed by atoms with E-state index >= 15 is 0 Å². The third-order valence-corrected chi connectivity index (χ3v) is 5.59. The number of rotatable bonds is 8. The largest absolute Gasteiger partial charge is 0.489 e. The molecule has 2 aromatic rings. The summed E-state index contributed by atoms with van der Waals surface area (Å²) in [6, 6.07) is 3.68. The second kappa shape index (κ2) is 10.5. The lowest BCUT2D eigenvalue weighted by molar-refractivity contribution is -0.138. The molecule has 0 aliphatic heterocycles. The first-order valence-corrected chi connectivity index (χ1v) is 11.7. The van der Waals surface area contributed by atoms with Gasteiger partial charge in [-0.3, -0.25) is 0 Å². The Balaban J connectivity index is 2.44. The summed E-state index contributed by atoms with van der Waals surface area (Å²) in [6.45, 7) is 15.9. The summed E-state index contributed by atoms with van der Waals surface area (Å²) >= 11 is 1.05. The van der Waals surface area contributed by atoms with E-state index in [1.54, 1.807) is 27.7 Å². The van der Waals surface area contributed by atoms with Crippen molar-refractivity contribution in [2.24, 2.45) is 0 Å². The summed E-state index contributed by atoms with van der Waals surface area (Å²) in [7, 11) is 0. The Morgan fingerprint density at radius 3 is 2.29 bits per heavy atom. The van der Waals surface area contributed by atoms with Crippen molar-refractivity contribution in [3.63, 3.8) is 0 Å². The van der Waals surface area contributed by atoms with E-state index in [4.69, 9.17) is 14.2 Å². The standard InChI is InChI=1S/C24H32F3N3O4S/c1-9-12-32-17-11-10-15(13-16(17)24(25,26)27)18-29-30-19(35-18)23(8,14-33-21(2,3)4)28-20(31)34-22(5,6)7/h9-11,13H,1,12,14H2,2-8H3,(H,28,31)/t23-/m0/s1. The van der Waals surface area contributed by atoms with Crippen LogP contribution in [0.2, 0.25) is 0 Å². The zero-order valence-corrected chi connectivity index (χ0v) is 21.8. The summed E-state index contributed by atoms with van der Waals surface area (Å²) in [4.78, 5) is 12.5. The Morgan fingerprint density at radius 2 is 1.74 bits per heavy atom. The number of aromatic nitrogens is 2. The van der Waals surface area contributed by atoms with Gasteiger partial charge in [-0.1, -0.05) is 24.0 Å². The number of halogens is 3. The molecule has 0 saturated heterocycles. The van der Waals surface area contributed by atoms with Gasteiger partial charge in [0.25, 0.3) is 0 Å². The van der Waals surface area contributed by atoms with E-state index in [-0.39, 0.29) is 29.5 Å². The van der Waals surface area contributed by atoms with E-state index in [1.165, 1.54) is 18.2 Å². The minimum Gasteiger partial charge on any atom is -0.489 e. The Kier molecular flexibility index (Phi) is 8.60. The van der Waals surface area contributed by atoms with Crippen molar-refractivity contribution in [2.45, 2.75) is 71.4 Å². The molecule has 7 nitrogen and oxygen atoms in total. The van der Waals surface area contributed by atoms with Crippen LogP contribution < -0.4 is 10.1 Å². The number of benzene rings is 1. The summed E-state index contributed by atoms with van der Waals surface area (Å²) in [5.74, 6) is -0.305. The smallest absolute Gasteiger partial charge is 0.419 e. The lowest BCUT2D eigenvalue weighted by Gasteiger charge is -2.32. The minimum absolute atomic E-state index is 0.0342. The molecular formula is C24H32F3N3O4S. The molecule has 0 unspecified atom stereocenters. The number of ether oxygens (including phenoxy) is 3. The molecule has 1 atom stereocenters. The SMILES string of the molecule is C=CCOc1ccc(-c2nnc([C@](C)(COC(C)(C)C)NC(=O)OC(C)(C)C)s2)cc1C(F)(F)F. The number of hydrogen-bond donors (Lipinski definition) is 1. The summed E-state index contributed by atoms with van der Waals surface area (Å²) < 4.78 is 57.4. The molecule has 1 aromatic heterocycles. The van der Waals surface area contributed by atoms with E-state index in [0.717, 1.165) is 17.4 Å². The Labute approximate surface area is 207 Å². The normalized spacial score (nSPS) is 14.2. The molecule has 11 heteroatoms. The number of amides is 1. The Bertz CT molecular complexity index is 1040. The summed E-state index contributed by atoms with van der Waals surface area (Å²) in [5.41, 5.74) is -3.12. The molecule has 0 saturated carbocycles. The first kappa shape index (κ1) is 28.6. The first-order chi connectivity index (χ1) is 15.9. The van der Waals surface area contributed by atoms with E-state index in [2.05, 4.69) is 22.1 Å². The molecule has 1 heterocycles. The third kappa shape index (κ3) is 8.50. The van der Waals surface area contributed by atoms with Crippen LogP contribution in [0, 0.1) is 0 Å². The van der Waals surface area contributed by atoms with Crippen LogP contribution in [0.25, 0.3) is 10.6 Å². The van der Waals surface area contributed by atoms with E-state index in [0.29, 0.717) is 5.01 Å². The van der Waals surface area contributed by atoms with Crippen LogP contribution in [-0.4, -0.2) is 40.7 Å². The molecule has 194 valence electrons. The number of alkyl halides is 3. The average Bonchev–Trinajstić information content (AvgIpc) is 3.19. The molecule has 0 aliphatic rings. The van der Waals surface area contributed by atoms with Gasteiger partial charge in [0.15, 0.2) is 0 Å². The number of nitrogens with zero attached hydrogens (tertiary/aromatic N) is 2. The highest BCUT2D eigenvalue weighted by Crippen LogP contribution is 2.40. The van der Waals surface area contributed by atoms with Gasteiger partial charge in [0, 0.05) is 5.56 Å². The van der Waals surface area contributed by atoms with Crippen molar-refractivity contribution in [3.05, 3.63) is 41.4 Å². The molecule has 1 amide bonds. The molecule has 0 radical (unpaired) electrons. The molecule has 0 fully saturated rings. The molecule has 1 N–H and O–H groups in total. The van der Waals surface area contributed by atoms with Gasteiger partial charge in [-0.15, -0.1) is 10.2 Å². The highest BCUT2D eigenvalue weighted by atomic mass is 32.1. The lowest BCUT2D eigenvalue weighted by Crippen LogP contribution is -2.49. The second-order valence-corrected chi connectivity index (χ2v) is 11.1. The first-order valence-electron chi connectivity index (χ1n) is 10.9. The molecular weight excluding hydrogens is 483 g/mol. The fourth-order valence-corrected chi connectivity index (χ4v) is 3.69. The van der Waals surface area contributed by atoms with Crippen LogP contribution in [-0.2, 0) is 21.2 Å². The number of carbonyl (C=O) groups excluding carboxylic acids is 1. The quantitative estimate of drug-likeness (QED) is 0.413. The van der Waals surface area contributed by atoms with Crippen LogP contribution in [0.1, 0.15) is 59.0 Å². The van der Waals surface area contributed by atoms with Gasteiger partial charge in [-0.25, -0.2) is 4.79 Å². The lowest BCUT2D eigenvalue weighted by atomic mass is 10.0. The monoisotopic (exact) mass is 515 g/mol. The predicted molar refractivity (Wildman–Crippen MR) is 128 cm³/mol. The van der Waals surface area contributed by atoms with Gasteiger partial charge in [0.2, 0.25) is 0 Å². The predicted octanol–water partition coefficient (Wildman–Crippen LogP) is 6.34. The van der Waals surface area contributed by atoms with Gasteiger partial charge in [-0.05, 0) is 66.7 Å². The fraction of sp³-hybridized carbons (Fsp3) is 0.542. The van der Waals surface area contributed by atoms with Gasteiger partial charge in [-0.2, -0.15) is 13.2 Å². The zero-order valence-electron chi connectivity index (χ0n) is 21.0. The number of alkyl carbamates (subject to hydrolysis) is 1. The highest BCUT2D eigenvalue weighted by Gasteiger charge is 2.38. The molecule has 1 aromatic carbocycles. The van der Waals surface area contributed by atoms with E-state index < -0.39 is 34.6 Å². The fourth-order valence-electron chi connectivity index (χ4n) is 2.76. The van der Waals surface area contributed by atoms with Crippen molar-refractivity contribution in [3.8, 4) is 16.3 Å². The number of nitrogens with one attached hydrogen (secondary N) is 1. The maximum Gasteiger partial charge on any atom is 0.419 e. The van der Waals surface area contributed by atoms with Crippen LogP contribution >= 0.6 is 11.3 Å². The molecule has 0 aliphatic carbocycles. The van der Waals surface area contributed by atoms with Gasteiger partial charge >= 0.3 is 12.3 Å². The van der Waals surface area contributed by atoms with Crippen LogP contribution in [0.3, 0.4) is 0 Å². The van der Waals surface area contributed by atoms with Crippen LogP contribution in [0.5, 0.6) is 5.75 Å². The number of hydrogen-bond acceptors (Lipinski definition) is 7. The molecule has 2 rings (SSSR count). The average molecular weight is 516 g/mol. The van der Waals surface area contributed by atoms with E-state index in [9.17, 15) is 18.0 Å². The van der Waals surface area contributed by atoms with Gasteiger partial charge < -0.3 is 19.5 Å². The Hall–Kier alpha value is -2.66. The van der Waals surface area contributed by atoms with Gasteiger partial charge in [0.05, 0.1) is 17.8 Å². The van der Waals surface area contributed by atoms with Gasteiger partial charge in [0.1, 0.15) is 33.5 Å². The van der Waals surface area contributed by atoms with Crippen LogP contribution in [0.4, 0.5) is 18.0 Å². The molecule has 35 heavy (non-hydrogen) atoms. The Morgan fingerprint density at radius 1 is 1.09 bits per heavy atom. The van der Waals surface area contributed by atoms with Crippen molar-refractivity contribution in [1.82, 2.24) is 15.5 Å². The van der Waals surface area contributed by atoms with Crippen LogP contribution in [0.15, 0.2) is 30.9 Å². The van der Waals surface area contributed by atoms with Crippen molar-refractivity contribution in [1.29, 1.82) is 0 Å². The van der Waals surface area contributed by atoms with E-state index in [1.807, 2.05) is 20.8 Å². The highest BCUT2D eigenvalue weighted by molar-refractivity contribution is 7.14. The van der Waals surface area contributed by atoms with Crippen molar-refractivity contribution in [2.75, 3.05) is 13.2 Å². The molecule has 0 bridgehead atoms. The number of carbonyl (C=O) groups is 1. The topological polar surface area (TPSA) is 82.6 Å². The van der Waals surface area contributed by atoms with Crippen molar-refractivity contribution >= 4 is 17.4 Å². The maximum atomic E-state index is 13.6. The maximum absolute atomic E-state index is 13.6. The second-order valence-electron chi connectivity index (χ2n) is 10.1. The molecule has 0 spiro atoms. The van der Waals surface area contributed by atoms with Crippen molar-refractivity contribution < 1.29 is 32.2 Å². The summed E-state index contributed by atoms with van der Waals surface area (Å²) in [6.07, 6.45) is -3.95. The minimum atomic E-state index is -4.63.